The molecule has 0 bridgehead atoms. The van der Waals surface area contributed by atoms with Crippen molar-refractivity contribution in [1.29, 1.82) is 0 Å². The Kier molecular flexibility index (Phi) is 3.76. The summed E-state index contributed by atoms with van der Waals surface area (Å²) in [5.74, 6) is -1.30. The first kappa shape index (κ1) is 15.1. The normalized spacial score (nSPS) is 11.9. The fraction of sp³-hybridized carbons (Fsp3) is 0.286. The number of benzene rings is 1. The van der Waals surface area contributed by atoms with Gasteiger partial charge in [-0.25, -0.2) is 9.48 Å². The first-order valence-electron chi connectivity index (χ1n) is 6.20. The maximum absolute atomic E-state index is 12.7. The highest BCUT2D eigenvalue weighted by Gasteiger charge is 2.32. The lowest BCUT2D eigenvalue weighted by atomic mass is 10.1. The quantitative estimate of drug-likeness (QED) is 0.939. The van der Waals surface area contributed by atoms with Crippen LogP contribution >= 0.6 is 0 Å². The lowest BCUT2D eigenvalue weighted by molar-refractivity contribution is -0.137. The fourth-order valence-corrected chi connectivity index (χ4v) is 1.86. The molecule has 0 aliphatic carbocycles. The first-order chi connectivity index (χ1) is 9.70. The molecule has 4 nitrogen and oxygen atoms in total. The molecule has 1 aromatic carbocycles. The van der Waals surface area contributed by atoms with Gasteiger partial charge in [-0.3, -0.25) is 0 Å². The molecule has 0 aliphatic heterocycles. The zero-order valence-electron chi connectivity index (χ0n) is 11.3. The molecular weight excluding hydrogens is 285 g/mol. The van der Waals surface area contributed by atoms with Crippen molar-refractivity contribution in [2.45, 2.75) is 25.9 Å². The number of aromatic carboxylic acids is 1. The third-order valence-corrected chi connectivity index (χ3v) is 3.00. The summed E-state index contributed by atoms with van der Waals surface area (Å²) >= 11 is 0. The van der Waals surface area contributed by atoms with E-state index < -0.39 is 23.3 Å². The van der Waals surface area contributed by atoms with Crippen LogP contribution in [0.25, 0.3) is 5.69 Å². The van der Waals surface area contributed by atoms with Gasteiger partial charge in [0.25, 0.3) is 0 Å². The Hall–Kier alpha value is -2.31. The number of carboxylic acids is 1. The van der Waals surface area contributed by atoms with Gasteiger partial charge in [0.1, 0.15) is 0 Å². The van der Waals surface area contributed by atoms with Crippen LogP contribution in [0.3, 0.4) is 0 Å². The summed E-state index contributed by atoms with van der Waals surface area (Å²) in [4.78, 5) is 11.2. The lowest BCUT2D eigenvalue weighted by Crippen LogP contribution is -2.11. The Morgan fingerprint density at radius 2 is 1.95 bits per heavy atom. The van der Waals surface area contributed by atoms with Gasteiger partial charge in [0.2, 0.25) is 0 Å². The van der Waals surface area contributed by atoms with Crippen LogP contribution in [0.5, 0.6) is 0 Å². The molecule has 1 aromatic heterocycles. The highest BCUT2D eigenvalue weighted by atomic mass is 19.4. The lowest BCUT2D eigenvalue weighted by Gasteiger charge is -2.11. The topological polar surface area (TPSA) is 55.1 Å². The van der Waals surface area contributed by atoms with Gasteiger partial charge in [0.15, 0.2) is 0 Å². The largest absolute Gasteiger partial charge is 0.478 e. The minimum atomic E-state index is -4.59. The number of carbonyl (C=O) groups is 1. The van der Waals surface area contributed by atoms with E-state index in [2.05, 4.69) is 5.10 Å². The predicted molar refractivity (Wildman–Crippen MR) is 69.6 cm³/mol. The van der Waals surface area contributed by atoms with Crippen LogP contribution in [0.15, 0.2) is 30.5 Å². The summed E-state index contributed by atoms with van der Waals surface area (Å²) in [7, 11) is 0. The van der Waals surface area contributed by atoms with Crippen molar-refractivity contribution < 1.29 is 23.1 Å². The summed E-state index contributed by atoms with van der Waals surface area (Å²) in [5.41, 5.74) is -0.614. The molecule has 0 spiro atoms. The van der Waals surface area contributed by atoms with Gasteiger partial charge in [-0.1, -0.05) is 13.8 Å². The van der Waals surface area contributed by atoms with Gasteiger partial charge >= 0.3 is 12.1 Å². The van der Waals surface area contributed by atoms with E-state index in [0.717, 1.165) is 17.8 Å². The average molecular weight is 298 g/mol. The molecule has 0 radical (unpaired) electrons. The Morgan fingerprint density at radius 1 is 1.29 bits per heavy atom. The molecule has 0 saturated heterocycles. The molecule has 0 fully saturated rings. The number of hydrogen-bond acceptors (Lipinski definition) is 2. The first-order valence-corrected chi connectivity index (χ1v) is 6.20. The standard InChI is InChI=1S/C14H13F3N2O2/c1-8(2)11-5-6-19(18-11)12-4-3-9(14(15,16)17)7-10(12)13(20)21/h3-8H,1-2H3,(H,20,21). The Balaban J connectivity index is 2.55. The molecular formula is C14H13F3N2O2. The summed E-state index contributed by atoms with van der Waals surface area (Å²) in [6.45, 7) is 3.83. The minimum absolute atomic E-state index is 0.0994. The van der Waals surface area contributed by atoms with Crippen molar-refractivity contribution in [1.82, 2.24) is 9.78 Å². The van der Waals surface area contributed by atoms with Crippen molar-refractivity contribution in [2.75, 3.05) is 0 Å². The molecule has 0 saturated carbocycles. The Bertz CT molecular complexity index is 675. The second kappa shape index (κ2) is 5.23. The smallest absolute Gasteiger partial charge is 0.416 e. The van der Waals surface area contributed by atoms with Crippen molar-refractivity contribution >= 4 is 5.97 Å². The third-order valence-electron chi connectivity index (χ3n) is 3.00. The number of rotatable bonds is 3. The average Bonchev–Trinajstić information content (AvgIpc) is 2.86. The molecule has 2 aromatic rings. The van der Waals surface area contributed by atoms with Gasteiger partial charge in [-0.2, -0.15) is 18.3 Å². The summed E-state index contributed by atoms with van der Waals surface area (Å²) in [6, 6.07) is 4.28. The van der Waals surface area contributed by atoms with Crippen molar-refractivity contribution in [3.05, 3.63) is 47.3 Å². The number of carboxylic acid groups (broad SMARTS) is 1. The van der Waals surface area contributed by atoms with Crippen LogP contribution in [0.2, 0.25) is 0 Å². The highest BCUT2D eigenvalue weighted by molar-refractivity contribution is 5.92. The van der Waals surface area contributed by atoms with Gasteiger partial charge < -0.3 is 5.11 Å². The molecule has 0 atom stereocenters. The molecule has 0 unspecified atom stereocenters. The predicted octanol–water partition coefficient (Wildman–Crippen LogP) is 3.71. The van der Waals surface area contributed by atoms with Crippen LogP contribution in [0, 0.1) is 0 Å². The Morgan fingerprint density at radius 3 is 2.43 bits per heavy atom. The monoisotopic (exact) mass is 298 g/mol. The van der Waals surface area contributed by atoms with E-state index in [1.165, 1.54) is 10.9 Å². The molecule has 0 amide bonds. The van der Waals surface area contributed by atoms with Gasteiger partial charge in [0.05, 0.1) is 22.5 Å². The third kappa shape index (κ3) is 3.07. The molecule has 2 rings (SSSR count). The van der Waals surface area contributed by atoms with E-state index in [1.807, 2.05) is 13.8 Å². The maximum Gasteiger partial charge on any atom is 0.416 e. The zero-order chi connectivity index (χ0) is 15.8. The molecule has 21 heavy (non-hydrogen) atoms. The summed E-state index contributed by atoms with van der Waals surface area (Å²) in [5, 5.41) is 13.3. The maximum atomic E-state index is 12.7. The summed E-state index contributed by atoms with van der Waals surface area (Å²) < 4.78 is 39.3. The van der Waals surface area contributed by atoms with E-state index >= 15 is 0 Å². The van der Waals surface area contributed by atoms with Crippen LogP contribution in [0.1, 0.15) is 41.4 Å². The molecule has 1 N–H and O–H groups in total. The fourth-order valence-electron chi connectivity index (χ4n) is 1.86. The van der Waals surface area contributed by atoms with E-state index in [-0.39, 0.29) is 11.6 Å². The van der Waals surface area contributed by atoms with E-state index in [0.29, 0.717) is 6.07 Å². The van der Waals surface area contributed by atoms with Crippen LogP contribution in [0.4, 0.5) is 13.2 Å². The highest BCUT2D eigenvalue weighted by Crippen LogP contribution is 2.31. The van der Waals surface area contributed by atoms with Crippen molar-refractivity contribution in [2.24, 2.45) is 0 Å². The molecule has 112 valence electrons. The Labute approximate surface area is 118 Å². The number of nitrogens with zero attached hydrogens (tertiary/aromatic N) is 2. The number of aromatic nitrogens is 2. The molecule has 1 heterocycles. The molecule has 7 heteroatoms. The van der Waals surface area contributed by atoms with Gasteiger partial charge in [0, 0.05) is 6.20 Å². The van der Waals surface area contributed by atoms with Crippen LogP contribution in [-0.4, -0.2) is 20.9 Å². The minimum Gasteiger partial charge on any atom is -0.478 e. The number of halogens is 3. The van der Waals surface area contributed by atoms with Crippen LogP contribution in [-0.2, 0) is 6.18 Å². The molecule has 0 aliphatic rings. The zero-order valence-corrected chi connectivity index (χ0v) is 11.3. The van der Waals surface area contributed by atoms with E-state index in [4.69, 9.17) is 5.11 Å². The van der Waals surface area contributed by atoms with Crippen LogP contribution < -0.4 is 0 Å². The number of alkyl halides is 3. The van der Waals surface area contributed by atoms with E-state index in [9.17, 15) is 18.0 Å². The summed E-state index contributed by atoms with van der Waals surface area (Å²) in [6.07, 6.45) is -3.06. The van der Waals surface area contributed by atoms with Crippen molar-refractivity contribution in [3.63, 3.8) is 0 Å². The van der Waals surface area contributed by atoms with Gasteiger partial charge in [-0.15, -0.1) is 0 Å². The second-order valence-electron chi connectivity index (χ2n) is 4.87. The van der Waals surface area contributed by atoms with Gasteiger partial charge in [-0.05, 0) is 30.2 Å². The van der Waals surface area contributed by atoms with E-state index in [1.54, 1.807) is 6.07 Å². The van der Waals surface area contributed by atoms with Crippen molar-refractivity contribution in [3.8, 4) is 5.69 Å². The second-order valence-corrected chi connectivity index (χ2v) is 4.87. The number of hydrogen-bond donors (Lipinski definition) is 1. The SMILES string of the molecule is CC(C)c1ccn(-c2ccc(C(F)(F)F)cc2C(=O)O)n1.